The third kappa shape index (κ3) is 2.69. The molecule has 2 nitrogen and oxygen atoms in total. The molecule has 0 heterocycles. The molecule has 0 spiro atoms. The maximum atomic E-state index is 9.61. The SMILES string of the molecule is Cc1ccc(NC(C)CC2CCC2)cc1O. The number of phenolic OH excluding ortho intramolecular Hbond substituents is 1. The third-order valence-corrected chi connectivity index (χ3v) is 3.53. The van der Waals surface area contributed by atoms with E-state index in [0.29, 0.717) is 11.8 Å². The highest BCUT2D eigenvalue weighted by Gasteiger charge is 2.19. The molecule has 1 aromatic rings. The monoisotopic (exact) mass is 219 g/mol. The molecule has 1 unspecified atom stereocenters. The lowest BCUT2D eigenvalue weighted by molar-refractivity contribution is 0.286. The predicted molar refractivity (Wildman–Crippen MR) is 67.9 cm³/mol. The molecule has 2 rings (SSSR count). The van der Waals surface area contributed by atoms with Crippen LogP contribution in [-0.4, -0.2) is 11.1 Å². The Bertz CT molecular complexity index is 358. The molecular formula is C14H21NO. The summed E-state index contributed by atoms with van der Waals surface area (Å²) < 4.78 is 0. The van der Waals surface area contributed by atoms with Gasteiger partial charge in [-0.2, -0.15) is 0 Å². The Labute approximate surface area is 97.7 Å². The van der Waals surface area contributed by atoms with Crippen molar-refractivity contribution in [3.05, 3.63) is 23.8 Å². The van der Waals surface area contributed by atoms with Crippen LogP contribution in [0.3, 0.4) is 0 Å². The number of anilines is 1. The number of aromatic hydroxyl groups is 1. The summed E-state index contributed by atoms with van der Waals surface area (Å²) in [6.45, 7) is 4.13. The van der Waals surface area contributed by atoms with E-state index < -0.39 is 0 Å². The largest absolute Gasteiger partial charge is 0.508 e. The van der Waals surface area contributed by atoms with Gasteiger partial charge in [0.1, 0.15) is 5.75 Å². The molecule has 0 aromatic heterocycles. The molecule has 1 aliphatic carbocycles. The summed E-state index contributed by atoms with van der Waals surface area (Å²) in [4.78, 5) is 0. The predicted octanol–water partition coefficient (Wildman–Crippen LogP) is 3.69. The minimum atomic E-state index is 0.376. The van der Waals surface area contributed by atoms with E-state index in [-0.39, 0.29) is 0 Å². The molecule has 0 saturated heterocycles. The molecule has 0 aliphatic heterocycles. The molecule has 1 atom stereocenters. The summed E-state index contributed by atoms with van der Waals surface area (Å²) in [5, 5.41) is 13.1. The highest BCUT2D eigenvalue weighted by molar-refractivity contribution is 5.51. The molecule has 2 N–H and O–H groups in total. The lowest BCUT2D eigenvalue weighted by atomic mass is 9.81. The van der Waals surface area contributed by atoms with Gasteiger partial charge >= 0.3 is 0 Å². The van der Waals surface area contributed by atoms with Crippen LogP contribution in [0, 0.1) is 12.8 Å². The lowest BCUT2D eigenvalue weighted by Gasteiger charge is -2.29. The van der Waals surface area contributed by atoms with Gasteiger partial charge < -0.3 is 10.4 Å². The number of benzene rings is 1. The summed E-state index contributed by atoms with van der Waals surface area (Å²) in [5.74, 6) is 1.29. The first kappa shape index (κ1) is 11.3. The van der Waals surface area contributed by atoms with Crippen LogP contribution < -0.4 is 5.32 Å². The van der Waals surface area contributed by atoms with Crippen molar-refractivity contribution < 1.29 is 5.11 Å². The highest BCUT2D eigenvalue weighted by atomic mass is 16.3. The first-order valence-corrected chi connectivity index (χ1v) is 6.21. The van der Waals surface area contributed by atoms with Gasteiger partial charge in [0.2, 0.25) is 0 Å². The van der Waals surface area contributed by atoms with Gasteiger partial charge in [-0.05, 0) is 37.8 Å². The molecule has 0 bridgehead atoms. The van der Waals surface area contributed by atoms with Gasteiger partial charge in [0.15, 0.2) is 0 Å². The number of rotatable bonds is 4. The summed E-state index contributed by atoms with van der Waals surface area (Å²) in [6.07, 6.45) is 5.44. The van der Waals surface area contributed by atoms with Gasteiger partial charge in [0.05, 0.1) is 0 Å². The smallest absolute Gasteiger partial charge is 0.120 e. The van der Waals surface area contributed by atoms with Crippen molar-refractivity contribution in [1.82, 2.24) is 0 Å². The minimum Gasteiger partial charge on any atom is -0.508 e. The Morgan fingerprint density at radius 3 is 2.75 bits per heavy atom. The molecule has 1 fully saturated rings. The maximum absolute atomic E-state index is 9.61. The van der Waals surface area contributed by atoms with Crippen LogP contribution >= 0.6 is 0 Å². The van der Waals surface area contributed by atoms with E-state index in [4.69, 9.17) is 0 Å². The summed E-state index contributed by atoms with van der Waals surface area (Å²) in [7, 11) is 0. The van der Waals surface area contributed by atoms with Crippen molar-refractivity contribution in [1.29, 1.82) is 0 Å². The van der Waals surface area contributed by atoms with Gasteiger partial charge in [-0.3, -0.25) is 0 Å². The number of phenols is 1. The molecule has 1 aromatic carbocycles. The van der Waals surface area contributed by atoms with Gasteiger partial charge in [-0.25, -0.2) is 0 Å². The van der Waals surface area contributed by atoms with Gasteiger partial charge in [-0.15, -0.1) is 0 Å². The quantitative estimate of drug-likeness (QED) is 0.809. The van der Waals surface area contributed by atoms with Crippen LogP contribution in [-0.2, 0) is 0 Å². The number of aryl methyl sites for hydroxylation is 1. The second-order valence-corrected chi connectivity index (χ2v) is 5.08. The van der Waals surface area contributed by atoms with E-state index >= 15 is 0 Å². The fourth-order valence-corrected chi connectivity index (χ4v) is 2.27. The zero-order chi connectivity index (χ0) is 11.5. The molecule has 0 radical (unpaired) electrons. The Hall–Kier alpha value is -1.18. The second kappa shape index (κ2) is 4.77. The van der Waals surface area contributed by atoms with Crippen molar-refractivity contribution >= 4 is 5.69 Å². The lowest BCUT2D eigenvalue weighted by Crippen LogP contribution is -2.23. The first-order chi connectivity index (χ1) is 7.65. The van der Waals surface area contributed by atoms with Crippen LogP contribution in [0.2, 0.25) is 0 Å². The number of hydrogen-bond acceptors (Lipinski definition) is 2. The molecule has 1 saturated carbocycles. The van der Waals surface area contributed by atoms with Crippen LogP contribution in [0.15, 0.2) is 18.2 Å². The van der Waals surface area contributed by atoms with Crippen LogP contribution in [0.4, 0.5) is 5.69 Å². The van der Waals surface area contributed by atoms with Crippen LogP contribution in [0.25, 0.3) is 0 Å². The van der Waals surface area contributed by atoms with Crippen molar-refractivity contribution in [2.45, 2.75) is 45.6 Å². The van der Waals surface area contributed by atoms with E-state index in [9.17, 15) is 5.11 Å². The minimum absolute atomic E-state index is 0.376. The Balaban J connectivity index is 1.89. The van der Waals surface area contributed by atoms with Gasteiger partial charge in [-0.1, -0.05) is 25.3 Å². The van der Waals surface area contributed by atoms with Gasteiger partial charge in [0.25, 0.3) is 0 Å². The number of hydrogen-bond donors (Lipinski definition) is 2. The average Bonchev–Trinajstić information content (AvgIpc) is 2.18. The zero-order valence-corrected chi connectivity index (χ0v) is 10.2. The van der Waals surface area contributed by atoms with E-state index in [1.165, 1.54) is 25.7 Å². The molecule has 16 heavy (non-hydrogen) atoms. The maximum Gasteiger partial charge on any atom is 0.120 e. The van der Waals surface area contributed by atoms with E-state index in [2.05, 4.69) is 12.2 Å². The van der Waals surface area contributed by atoms with Crippen molar-refractivity contribution in [2.24, 2.45) is 5.92 Å². The van der Waals surface area contributed by atoms with E-state index in [1.807, 2.05) is 25.1 Å². The standard InChI is InChI=1S/C14H21NO/c1-10-6-7-13(9-14(10)16)15-11(2)8-12-4-3-5-12/h6-7,9,11-12,15-16H,3-5,8H2,1-2H3. The van der Waals surface area contributed by atoms with Crippen molar-refractivity contribution in [3.8, 4) is 5.75 Å². The Morgan fingerprint density at radius 1 is 1.44 bits per heavy atom. The first-order valence-electron chi connectivity index (χ1n) is 6.21. The fourth-order valence-electron chi connectivity index (χ4n) is 2.27. The van der Waals surface area contributed by atoms with Crippen molar-refractivity contribution in [2.75, 3.05) is 5.32 Å². The Morgan fingerprint density at radius 2 is 2.19 bits per heavy atom. The molecule has 0 amide bonds. The van der Waals surface area contributed by atoms with Crippen LogP contribution in [0.1, 0.15) is 38.2 Å². The van der Waals surface area contributed by atoms with Crippen LogP contribution in [0.5, 0.6) is 5.75 Å². The summed E-state index contributed by atoms with van der Waals surface area (Å²) in [5.41, 5.74) is 1.95. The van der Waals surface area contributed by atoms with Crippen molar-refractivity contribution in [3.63, 3.8) is 0 Å². The molecule has 2 heteroatoms. The fraction of sp³-hybridized carbons (Fsp3) is 0.571. The average molecular weight is 219 g/mol. The second-order valence-electron chi connectivity index (χ2n) is 5.08. The third-order valence-electron chi connectivity index (χ3n) is 3.53. The summed E-state index contributed by atoms with van der Waals surface area (Å²) >= 11 is 0. The molecule has 88 valence electrons. The molecular weight excluding hydrogens is 198 g/mol. The molecule has 1 aliphatic rings. The highest BCUT2D eigenvalue weighted by Crippen LogP contribution is 2.31. The number of nitrogens with one attached hydrogen (secondary N) is 1. The Kier molecular flexibility index (Phi) is 3.37. The zero-order valence-electron chi connectivity index (χ0n) is 10.2. The topological polar surface area (TPSA) is 32.3 Å². The van der Waals surface area contributed by atoms with Gasteiger partial charge in [0, 0.05) is 17.8 Å². The normalized spacial score (nSPS) is 17.9. The van der Waals surface area contributed by atoms with E-state index in [0.717, 1.165) is 17.2 Å². The van der Waals surface area contributed by atoms with E-state index in [1.54, 1.807) is 0 Å². The summed E-state index contributed by atoms with van der Waals surface area (Å²) in [6, 6.07) is 6.29.